The summed E-state index contributed by atoms with van der Waals surface area (Å²) in [6.07, 6.45) is 6.21. The normalized spacial score (nSPS) is 11.1. The van der Waals surface area contributed by atoms with E-state index in [1.807, 2.05) is 19.9 Å². The van der Waals surface area contributed by atoms with Crippen LogP contribution in [0.15, 0.2) is 73.3 Å². The molecule has 0 heteroatoms. The summed E-state index contributed by atoms with van der Waals surface area (Å²) in [7, 11) is 0. The van der Waals surface area contributed by atoms with Crippen LogP contribution in [-0.2, 0) is 0 Å². The van der Waals surface area contributed by atoms with Crippen LogP contribution >= 0.6 is 0 Å². The lowest BCUT2D eigenvalue weighted by atomic mass is 10.0. The largest absolute Gasteiger partial charge is 0.0955 e. The zero-order chi connectivity index (χ0) is 17.2. The molecule has 0 aromatic heterocycles. The zero-order valence-corrected chi connectivity index (χ0v) is 15.1. The Morgan fingerprint density at radius 3 is 1.61 bits per heavy atom. The van der Waals surface area contributed by atoms with Gasteiger partial charge in [0.05, 0.1) is 0 Å². The Bertz CT molecular complexity index is 644. The Hall–Kier alpha value is -2.34. The fraction of sp³-hybridized carbons (Fsp3) is 0.217. The summed E-state index contributed by atoms with van der Waals surface area (Å²) in [5.74, 6) is 0. The van der Waals surface area contributed by atoms with E-state index in [0.717, 1.165) is 5.57 Å². The van der Waals surface area contributed by atoms with Crippen molar-refractivity contribution in [3.8, 4) is 0 Å². The Kier molecular flexibility index (Phi) is 7.83. The molecule has 2 rings (SSSR count). The van der Waals surface area contributed by atoms with Gasteiger partial charge in [0.2, 0.25) is 0 Å². The molecule has 0 nitrogen and oxygen atoms in total. The molecule has 0 N–H and O–H groups in total. The summed E-state index contributed by atoms with van der Waals surface area (Å²) in [6.45, 7) is 14.3. The van der Waals surface area contributed by atoms with Crippen molar-refractivity contribution >= 4 is 11.1 Å². The van der Waals surface area contributed by atoms with Gasteiger partial charge in [0, 0.05) is 0 Å². The standard InChI is InChI=1S/C15H18.C8H10/c1-5-6-7-13(4)15-10-8-14(9-11-15)12(2)3;1-7-3-5-8(2)6-4-7/h5-11H,2H2,1,3-4H3;3-6H,1-2H3/b6-5-,13-7+;. The molecular weight excluding hydrogens is 276 g/mol. The van der Waals surface area contributed by atoms with Gasteiger partial charge in [0.25, 0.3) is 0 Å². The van der Waals surface area contributed by atoms with E-state index in [4.69, 9.17) is 0 Å². The third kappa shape index (κ3) is 6.97. The number of hydrogen-bond donors (Lipinski definition) is 0. The topological polar surface area (TPSA) is 0 Å². The molecular formula is C23H28. The summed E-state index contributed by atoms with van der Waals surface area (Å²) in [5, 5.41) is 0. The maximum absolute atomic E-state index is 3.92. The van der Waals surface area contributed by atoms with Gasteiger partial charge in [-0.25, -0.2) is 0 Å². The van der Waals surface area contributed by atoms with E-state index in [2.05, 4.69) is 88.0 Å². The van der Waals surface area contributed by atoms with Gasteiger partial charge in [0.15, 0.2) is 0 Å². The highest BCUT2D eigenvalue weighted by Crippen LogP contribution is 2.17. The lowest BCUT2D eigenvalue weighted by molar-refractivity contribution is 1.40. The molecule has 0 bridgehead atoms. The first-order chi connectivity index (χ1) is 10.9. The molecule has 0 aliphatic carbocycles. The van der Waals surface area contributed by atoms with Gasteiger partial charge < -0.3 is 0 Å². The van der Waals surface area contributed by atoms with Crippen LogP contribution in [0.2, 0.25) is 0 Å². The van der Waals surface area contributed by atoms with Crippen molar-refractivity contribution in [3.05, 3.63) is 95.6 Å². The van der Waals surface area contributed by atoms with Crippen LogP contribution in [0.4, 0.5) is 0 Å². The first kappa shape index (κ1) is 18.7. The Morgan fingerprint density at radius 1 is 0.783 bits per heavy atom. The molecule has 0 fully saturated rings. The molecule has 0 aliphatic heterocycles. The third-order valence-corrected chi connectivity index (χ3v) is 3.59. The van der Waals surface area contributed by atoms with Crippen molar-refractivity contribution in [1.82, 2.24) is 0 Å². The summed E-state index contributed by atoms with van der Waals surface area (Å²) in [4.78, 5) is 0. The SMILES string of the molecule is C=C(C)c1ccc(/C(C)=C/C=C\C)cc1.Cc1ccc(C)cc1. The quantitative estimate of drug-likeness (QED) is 0.535. The zero-order valence-electron chi connectivity index (χ0n) is 15.1. The van der Waals surface area contributed by atoms with Crippen LogP contribution in [0.5, 0.6) is 0 Å². The molecule has 0 saturated heterocycles. The van der Waals surface area contributed by atoms with Crippen molar-refractivity contribution in [3.63, 3.8) is 0 Å². The number of allylic oxidation sites excluding steroid dienone is 5. The highest BCUT2D eigenvalue weighted by Gasteiger charge is 1.96. The number of hydrogen-bond acceptors (Lipinski definition) is 0. The first-order valence-corrected chi connectivity index (χ1v) is 8.03. The Morgan fingerprint density at radius 2 is 1.22 bits per heavy atom. The van der Waals surface area contributed by atoms with Crippen LogP contribution in [0.25, 0.3) is 11.1 Å². The lowest BCUT2D eigenvalue weighted by Gasteiger charge is -2.03. The molecule has 2 aromatic carbocycles. The molecule has 0 unspecified atom stereocenters. The first-order valence-electron chi connectivity index (χ1n) is 8.03. The van der Waals surface area contributed by atoms with E-state index >= 15 is 0 Å². The van der Waals surface area contributed by atoms with E-state index in [1.54, 1.807) is 0 Å². The maximum Gasteiger partial charge on any atom is -0.0227 e. The van der Waals surface area contributed by atoms with Crippen LogP contribution in [0, 0.1) is 13.8 Å². The van der Waals surface area contributed by atoms with Crippen LogP contribution in [0.1, 0.15) is 43.0 Å². The second-order valence-corrected chi connectivity index (χ2v) is 5.89. The average Bonchev–Trinajstić information content (AvgIpc) is 2.56. The molecule has 23 heavy (non-hydrogen) atoms. The van der Waals surface area contributed by atoms with Crippen LogP contribution in [-0.4, -0.2) is 0 Å². The predicted octanol–water partition coefficient (Wildman–Crippen LogP) is 7.00. The Balaban J connectivity index is 0.000000277. The number of aryl methyl sites for hydroxylation is 2. The van der Waals surface area contributed by atoms with E-state index in [9.17, 15) is 0 Å². The van der Waals surface area contributed by atoms with Crippen LogP contribution < -0.4 is 0 Å². The predicted molar refractivity (Wildman–Crippen MR) is 106 cm³/mol. The van der Waals surface area contributed by atoms with Gasteiger partial charge in [-0.3, -0.25) is 0 Å². The second-order valence-electron chi connectivity index (χ2n) is 5.89. The maximum atomic E-state index is 3.92. The lowest BCUT2D eigenvalue weighted by Crippen LogP contribution is -1.81. The molecule has 120 valence electrons. The van der Waals surface area contributed by atoms with E-state index in [1.165, 1.54) is 27.8 Å². The monoisotopic (exact) mass is 304 g/mol. The minimum Gasteiger partial charge on any atom is -0.0955 e. The van der Waals surface area contributed by atoms with Crippen molar-refractivity contribution in [2.24, 2.45) is 0 Å². The van der Waals surface area contributed by atoms with Gasteiger partial charge in [-0.15, -0.1) is 0 Å². The highest BCUT2D eigenvalue weighted by molar-refractivity contribution is 5.68. The van der Waals surface area contributed by atoms with Gasteiger partial charge >= 0.3 is 0 Å². The van der Waals surface area contributed by atoms with Crippen molar-refractivity contribution in [1.29, 1.82) is 0 Å². The van der Waals surface area contributed by atoms with Crippen molar-refractivity contribution in [2.45, 2.75) is 34.6 Å². The van der Waals surface area contributed by atoms with E-state index in [-0.39, 0.29) is 0 Å². The second kappa shape index (κ2) is 9.63. The molecule has 0 atom stereocenters. The van der Waals surface area contributed by atoms with Gasteiger partial charge in [-0.2, -0.15) is 0 Å². The molecule has 0 spiro atoms. The fourth-order valence-corrected chi connectivity index (χ4v) is 1.99. The molecule has 0 aliphatic rings. The summed E-state index contributed by atoms with van der Waals surface area (Å²) in [6, 6.07) is 17.0. The molecule has 0 saturated carbocycles. The Labute approximate surface area is 141 Å². The number of rotatable bonds is 3. The summed E-state index contributed by atoms with van der Waals surface area (Å²) in [5.41, 5.74) is 7.51. The molecule has 0 heterocycles. The smallest absolute Gasteiger partial charge is 0.0227 e. The van der Waals surface area contributed by atoms with E-state index in [0.29, 0.717) is 0 Å². The van der Waals surface area contributed by atoms with Crippen molar-refractivity contribution < 1.29 is 0 Å². The van der Waals surface area contributed by atoms with Crippen LogP contribution in [0.3, 0.4) is 0 Å². The van der Waals surface area contributed by atoms with Gasteiger partial charge in [-0.05, 0) is 51.3 Å². The van der Waals surface area contributed by atoms with Gasteiger partial charge in [0.1, 0.15) is 0 Å². The van der Waals surface area contributed by atoms with Crippen molar-refractivity contribution in [2.75, 3.05) is 0 Å². The van der Waals surface area contributed by atoms with E-state index < -0.39 is 0 Å². The minimum absolute atomic E-state index is 1.11. The third-order valence-electron chi connectivity index (χ3n) is 3.59. The number of benzene rings is 2. The molecule has 0 amide bonds. The molecule has 0 radical (unpaired) electrons. The minimum atomic E-state index is 1.11. The summed E-state index contributed by atoms with van der Waals surface area (Å²) >= 11 is 0. The summed E-state index contributed by atoms with van der Waals surface area (Å²) < 4.78 is 0. The highest BCUT2D eigenvalue weighted by atomic mass is 14.0. The molecule has 2 aromatic rings. The van der Waals surface area contributed by atoms with Gasteiger partial charge in [-0.1, -0.05) is 90.0 Å². The average molecular weight is 304 g/mol. The fourth-order valence-electron chi connectivity index (χ4n) is 1.99.